The highest BCUT2D eigenvalue weighted by Gasteiger charge is 2.34. The van der Waals surface area contributed by atoms with Gasteiger partial charge in [-0.1, -0.05) is 0 Å². The van der Waals surface area contributed by atoms with Gasteiger partial charge in [0.2, 0.25) is 5.91 Å². The fourth-order valence-electron chi connectivity index (χ4n) is 3.86. The molecule has 2 fully saturated rings. The van der Waals surface area contributed by atoms with Crippen molar-refractivity contribution in [2.24, 2.45) is 5.92 Å². The summed E-state index contributed by atoms with van der Waals surface area (Å²) in [6.45, 7) is 0.337. The first-order chi connectivity index (χ1) is 11.8. The Hall–Kier alpha value is -1.47. The Bertz CT molecular complexity index is 627. The molecule has 0 aromatic heterocycles. The van der Waals surface area contributed by atoms with Crippen LogP contribution in [0.5, 0.6) is 5.75 Å². The molecule has 26 heavy (non-hydrogen) atoms. The van der Waals surface area contributed by atoms with E-state index in [0.29, 0.717) is 35.7 Å². The highest BCUT2D eigenvalue weighted by Crippen LogP contribution is 2.33. The fourth-order valence-corrected chi connectivity index (χ4v) is 3.86. The molecule has 4 nitrogen and oxygen atoms in total. The van der Waals surface area contributed by atoms with Crippen LogP contribution in [0.3, 0.4) is 0 Å². The summed E-state index contributed by atoms with van der Waals surface area (Å²) in [5.41, 5.74) is 1.14. The zero-order chi connectivity index (χ0) is 18.0. The molecule has 2 bridgehead atoms. The van der Waals surface area contributed by atoms with Gasteiger partial charge in [0.1, 0.15) is 5.75 Å². The minimum absolute atomic E-state index is 0. The second kappa shape index (κ2) is 8.48. The molecule has 2 aliphatic rings. The third-order valence-electron chi connectivity index (χ3n) is 4.89. The Kier molecular flexibility index (Phi) is 6.80. The van der Waals surface area contributed by atoms with Crippen LogP contribution in [0, 0.1) is 12.8 Å². The van der Waals surface area contributed by atoms with Gasteiger partial charge in [0.15, 0.2) is 6.61 Å². The average Bonchev–Trinajstić information content (AvgIpc) is 2.84. The lowest BCUT2D eigenvalue weighted by Gasteiger charge is -2.28. The largest absolute Gasteiger partial charge is 0.484 e. The molecule has 1 amide bonds. The van der Waals surface area contributed by atoms with E-state index in [1.165, 1.54) is 18.9 Å². The van der Waals surface area contributed by atoms with Crippen LogP contribution >= 0.6 is 12.4 Å². The molecule has 2 aliphatic heterocycles. The SMILES string of the molecule is Cc1cc(NC(=O)CC2CC3CCC(C2)N3)ccc1OCC(F)(F)F.Cl. The van der Waals surface area contributed by atoms with Gasteiger partial charge >= 0.3 is 6.18 Å². The summed E-state index contributed by atoms with van der Waals surface area (Å²) in [6.07, 6.45) is 0.580. The van der Waals surface area contributed by atoms with Crippen molar-refractivity contribution in [2.45, 2.75) is 57.3 Å². The molecule has 1 aromatic carbocycles. The Morgan fingerprint density at radius 1 is 1.27 bits per heavy atom. The summed E-state index contributed by atoms with van der Waals surface area (Å²) >= 11 is 0. The normalized spacial score (nSPS) is 24.7. The van der Waals surface area contributed by atoms with Crippen LogP contribution in [0.15, 0.2) is 18.2 Å². The lowest BCUT2D eigenvalue weighted by Crippen LogP contribution is -2.39. The number of hydrogen-bond donors (Lipinski definition) is 2. The molecule has 0 saturated carbocycles. The van der Waals surface area contributed by atoms with Crippen molar-refractivity contribution in [3.05, 3.63) is 23.8 Å². The van der Waals surface area contributed by atoms with Crippen molar-refractivity contribution in [2.75, 3.05) is 11.9 Å². The molecule has 1 aromatic rings. The van der Waals surface area contributed by atoms with E-state index in [2.05, 4.69) is 10.6 Å². The standard InChI is InChI=1S/C18H23F3N2O2.ClH/c1-11-6-13(4-5-16(11)25-10-18(19,20)21)23-17(24)9-12-7-14-2-3-15(8-12)22-14;/h4-6,12,14-15,22H,2-3,7-10H2,1H3,(H,23,24);1H. The van der Waals surface area contributed by atoms with Crippen LogP contribution in [0.4, 0.5) is 18.9 Å². The van der Waals surface area contributed by atoms with Crippen molar-refractivity contribution < 1.29 is 22.7 Å². The molecule has 2 unspecified atom stereocenters. The number of anilines is 1. The highest BCUT2D eigenvalue weighted by atomic mass is 35.5. The van der Waals surface area contributed by atoms with Gasteiger partial charge in [0, 0.05) is 24.2 Å². The second-order valence-electron chi connectivity index (χ2n) is 7.11. The van der Waals surface area contributed by atoms with E-state index in [9.17, 15) is 18.0 Å². The van der Waals surface area contributed by atoms with Crippen LogP contribution < -0.4 is 15.4 Å². The minimum Gasteiger partial charge on any atom is -0.484 e. The predicted octanol–water partition coefficient (Wildman–Crippen LogP) is 4.22. The zero-order valence-electron chi connectivity index (χ0n) is 14.6. The predicted molar refractivity (Wildman–Crippen MR) is 95.9 cm³/mol. The first kappa shape index (κ1) is 20.8. The van der Waals surface area contributed by atoms with Gasteiger partial charge in [-0.3, -0.25) is 4.79 Å². The fraction of sp³-hybridized carbons (Fsp3) is 0.611. The molecule has 0 radical (unpaired) electrons. The van der Waals surface area contributed by atoms with Gasteiger partial charge in [-0.15, -0.1) is 12.4 Å². The summed E-state index contributed by atoms with van der Waals surface area (Å²) in [5.74, 6) is 0.522. The van der Waals surface area contributed by atoms with Crippen molar-refractivity contribution in [1.29, 1.82) is 0 Å². The van der Waals surface area contributed by atoms with E-state index < -0.39 is 12.8 Å². The Labute approximate surface area is 157 Å². The summed E-state index contributed by atoms with van der Waals surface area (Å²) in [6, 6.07) is 5.76. The lowest BCUT2D eigenvalue weighted by atomic mass is 9.89. The molecule has 2 atom stereocenters. The number of benzene rings is 1. The Morgan fingerprint density at radius 2 is 1.92 bits per heavy atom. The van der Waals surface area contributed by atoms with E-state index in [1.54, 1.807) is 19.1 Å². The summed E-state index contributed by atoms with van der Waals surface area (Å²) < 4.78 is 41.4. The molecular weight excluding hydrogens is 369 g/mol. The molecule has 3 rings (SSSR count). The maximum atomic E-state index is 12.3. The van der Waals surface area contributed by atoms with Gasteiger partial charge < -0.3 is 15.4 Å². The zero-order valence-corrected chi connectivity index (χ0v) is 15.4. The molecule has 146 valence electrons. The van der Waals surface area contributed by atoms with Gasteiger partial charge in [-0.25, -0.2) is 0 Å². The average molecular weight is 393 g/mol. The number of fused-ring (bicyclic) bond motifs is 2. The second-order valence-corrected chi connectivity index (χ2v) is 7.11. The summed E-state index contributed by atoms with van der Waals surface area (Å²) in [5, 5.41) is 6.40. The number of carbonyl (C=O) groups excluding carboxylic acids is 1. The number of hydrogen-bond acceptors (Lipinski definition) is 3. The van der Waals surface area contributed by atoms with E-state index in [4.69, 9.17) is 4.74 Å². The van der Waals surface area contributed by atoms with E-state index in [0.717, 1.165) is 12.8 Å². The Balaban J connectivity index is 0.00000243. The van der Waals surface area contributed by atoms with Crippen molar-refractivity contribution in [3.8, 4) is 5.75 Å². The van der Waals surface area contributed by atoms with Gasteiger partial charge in [0.25, 0.3) is 0 Å². The van der Waals surface area contributed by atoms with E-state index in [1.807, 2.05) is 0 Å². The number of halogens is 4. The lowest BCUT2D eigenvalue weighted by molar-refractivity contribution is -0.153. The van der Waals surface area contributed by atoms with Crippen LogP contribution in [0.25, 0.3) is 0 Å². The highest BCUT2D eigenvalue weighted by molar-refractivity contribution is 5.91. The number of rotatable bonds is 5. The maximum Gasteiger partial charge on any atom is 0.422 e. The number of carbonyl (C=O) groups is 1. The monoisotopic (exact) mass is 392 g/mol. The number of nitrogens with one attached hydrogen (secondary N) is 2. The molecule has 2 saturated heterocycles. The van der Waals surface area contributed by atoms with Crippen LogP contribution in [0.1, 0.15) is 37.7 Å². The van der Waals surface area contributed by atoms with Crippen LogP contribution in [-0.2, 0) is 4.79 Å². The Morgan fingerprint density at radius 3 is 2.50 bits per heavy atom. The molecule has 0 spiro atoms. The van der Waals surface area contributed by atoms with Crippen molar-refractivity contribution in [1.82, 2.24) is 5.32 Å². The quantitative estimate of drug-likeness (QED) is 0.789. The van der Waals surface area contributed by atoms with Crippen molar-refractivity contribution in [3.63, 3.8) is 0 Å². The molecule has 0 aliphatic carbocycles. The molecule has 2 N–H and O–H groups in total. The minimum atomic E-state index is -4.37. The van der Waals surface area contributed by atoms with E-state index >= 15 is 0 Å². The topological polar surface area (TPSA) is 50.4 Å². The van der Waals surface area contributed by atoms with Crippen LogP contribution in [-0.4, -0.2) is 30.8 Å². The molecule has 8 heteroatoms. The van der Waals surface area contributed by atoms with Crippen LogP contribution in [0.2, 0.25) is 0 Å². The number of aryl methyl sites for hydroxylation is 1. The smallest absolute Gasteiger partial charge is 0.422 e. The first-order valence-electron chi connectivity index (χ1n) is 8.64. The first-order valence-corrected chi connectivity index (χ1v) is 8.64. The van der Waals surface area contributed by atoms with Gasteiger partial charge in [0.05, 0.1) is 0 Å². The molecule has 2 heterocycles. The number of amides is 1. The number of alkyl halides is 3. The third kappa shape index (κ3) is 5.77. The van der Waals surface area contributed by atoms with Gasteiger partial charge in [-0.2, -0.15) is 13.2 Å². The van der Waals surface area contributed by atoms with E-state index in [-0.39, 0.29) is 24.1 Å². The van der Waals surface area contributed by atoms with Crippen molar-refractivity contribution >= 4 is 24.0 Å². The third-order valence-corrected chi connectivity index (χ3v) is 4.89. The summed E-state index contributed by atoms with van der Waals surface area (Å²) in [7, 11) is 0. The maximum absolute atomic E-state index is 12.3. The number of piperidine rings is 1. The summed E-state index contributed by atoms with van der Waals surface area (Å²) in [4.78, 5) is 12.3. The van der Waals surface area contributed by atoms with Gasteiger partial charge in [-0.05, 0) is 62.3 Å². The number of ether oxygens (including phenoxy) is 1. The molecular formula is C18H24ClF3N2O2.